The zero-order valence-corrected chi connectivity index (χ0v) is 15.6. The summed E-state index contributed by atoms with van der Waals surface area (Å²) in [5, 5.41) is 11.5. The van der Waals surface area contributed by atoms with Crippen LogP contribution in [0, 0.1) is 0 Å². The fourth-order valence-corrected chi connectivity index (χ4v) is 4.05. The third kappa shape index (κ3) is 3.20. The van der Waals surface area contributed by atoms with Crippen LogP contribution in [0.2, 0.25) is 10.0 Å². The first-order valence-electron chi connectivity index (χ1n) is 8.54. The number of aromatic nitrogens is 1. The maximum atomic E-state index is 13.0. The lowest BCUT2D eigenvalue weighted by Gasteiger charge is -2.27. The van der Waals surface area contributed by atoms with Crippen molar-refractivity contribution in [3.63, 3.8) is 0 Å². The van der Waals surface area contributed by atoms with Gasteiger partial charge in [-0.3, -0.25) is 4.79 Å². The standard InChI is InChI=1S/C20H18Cl2N2O2/c21-14-1-2-18-17(10-14)16-3-5-24(11-19(16)23-18)20(26)13-7-12(4-6-25)8-15(22)9-13/h1-2,7-10,23,25H,3-6,11H2. The number of nitrogens with zero attached hydrogens (tertiary/aromatic N) is 1. The number of hydrogen-bond donors (Lipinski definition) is 2. The second kappa shape index (κ2) is 6.95. The van der Waals surface area contributed by atoms with Crippen molar-refractivity contribution < 1.29 is 9.90 Å². The highest BCUT2D eigenvalue weighted by molar-refractivity contribution is 6.31. The smallest absolute Gasteiger partial charge is 0.254 e. The number of carbonyl (C=O) groups is 1. The Labute approximate surface area is 161 Å². The fraction of sp³-hybridized carbons (Fsp3) is 0.250. The number of aromatic amines is 1. The summed E-state index contributed by atoms with van der Waals surface area (Å²) in [5.74, 6) is -0.0472. The Hall–Kier alpha value is -2.01. The molecule has 4 nitrogen and oxygen atoms in total. The Morgan fingerprint density at radius 1 is 1.15 bits per heavy atom. The van der Waals surface area contributed by atoms with E-state index in [9.17, 15) is 4.79 Å². The van der Waals surface area contributed by atoms with Gasteiger partial charge >= 0.3 is 0 Å². The molecule has 1 amide bonds. The molecule has 134 valence electrons. The number of nitrogens with one attached hydrogen (secondary N) is 1. The Kier molecular flexibility index (Phi) is 4.65. The van der Waals surface area contributed by atoms with E-state index in [0.29, 0.717) is 35.1 Å². The van der Waals surface area contributed by atoms with Gasteiger partial charge in [-0.2, -0.15) is 0 Å². The average Bonchev–Trinajstić information content (AvgIpc) is 2.98. The number of aliphatic hydroxyl groups is 1. The predicted molar refractivity (Wildman–Crippen MR) is 104 cm³/mol. The van der Waals surface area contributed by atoms with Gasteiger partial charge in [0.05, 0.1) is 6.54 Å². The molecule has 2 N–H and O–H groups in total. The van der Waals surface area contributed by atoms with E-state index in [1.165, 1.54) is 5.56 Å². The van der Waals surface area contributed by atoms with Crippen molar-refractivity contribution in [1.82, 2.24) is 9.88 Å². The number of benzene rings is 2. The summed E-state index contributed by atoms with van der Waals surface area (Å²) in [7, 11) is 0. The molecule has 2 aromatic carbocycles. The van der Waals surface area contributed by atoms with Crippen LogP contribution in [0.5, 0.6) is 0 Å². The largest absolute Gasteiger partial charge is 0.396 e. The van der Waals surface area contributed by atoms with Gasteiger partial charge in [-0.25, -0.2) is 0 Å². The molecule has 0 spiro atoms. The summed E-state index contributed by atoms with van der Waals surface area (Å²) in [6.07, 6.45) is 1.26. The molecule has 0 atom stereocenters. The van der Waals surface area contributed by atoms with E-state index < -0.39 is 0 Å². The molecule has 26 heavy (non-hydrogen) atoms. The molecule has 1 aliphatic rings. The van der Waals surface area contributed by atoms with Gasteiger partial charge in [-0.15, -0.1) is 0 Å². The first-order chi connectivity index (χ1) is 12.5. The van der Waals surface area contributed by atoms with Crippen LogP contribution >= 0.6 is 23.2 Å². The second-order valence-electron chi connectivity index (χ2n) is 6.57. The van der Waals surface area contributed by atoms with E-state index in [1.807, 2.05) is 29.2 Å². The van der Waals surface area contributed by atoms with E-state index in [4.69, 9.17) is 28.3 Å². The van der Waals surface area contributed by atoms with Crippen molar-refractivity contribution in [3.05, 3.63) is 68.8 Å². The van der Waals surface area contributed by atoms with Gasteiger partial charge < -0.3 is 15.0 Å². The highest BCUT2D eigenvalue weighted by Gasteiger charge is 2.25. The van der Waals surface area contributed by atoms with Gasteiger partial charge in [-0.1, -0.05) is 23.2 Å². The molecule has 0 fully saturated rings. The summed E-state index contributed by atoms with van der Waals surface area (Å²) >= 11 is 12.3. The lowest BCUT2D eigenvalue weighted by molar-refractivity contribution is 0.0733. The molecule has 0 bridgehead atoms. The van der Waals surface area contributed by atoms with Gasteiger partial charge in [0.1, 0.15) is 0 Å². The van der Waals surface area contributed by atoms with Gasteiger partial charge in [0, 0.05) is 45.4 Å². The number of H-pyrrole nitrogens is 1. The van der Waals surface area contributed by atoms with Crippen LogP contribution in [0.4, 0.5) is 0 Å². The van der Waals surface area contributed by atoms with Gasteiger partial charge in [0.2, 0.25) is 0 Å². The fourth-order valence-electron chi connectivity index (χ4n) is 3.62. The van der Waals surface area contributed by atoms with Crippen LogP contribution < -0.4 is 0 Å². The second-order valence-corrected chi connectivity index (χ2v) is 7.44. The summed E-state index contributed by atoms with van der Waals surface area (Å²) < 4.78 is 0. The minimum absolute atomic E-state index is 0.0265. The minimum atomic E-state index is -0.0472. The molecule has 0 unspecified atom stereocenters. The molecule has 0 radical (unpaired) electrons. The van der Waals surface area contributed by atoms with Crippen LogP contribution in [-0.4, -0.2) is 34.0 Å². The summed E-state index contributed by atoms with van der Waals surface area (Å²) in [6, 6.07) is 11.1. The molecule has 2 heterocycles. The first-order valence-corrected chi connectivity index (χ1v) is 9.29. The van der Waals surface area contributed by atoms with Crippen LogP contribution in [0.15, 0.2) is 36.4 Å². The molecule has 1 aliphatic heterocycles. The normalized spacial score (nSPS) is 13.9. The number of fused-ring (bicyclic) bond motifs is 3. The molecule has 6 heteroatoms. The molecule has 1 aromatic heterocycles. The Morgan fingerprint density at radius 2 is 2.00 bits per heavy atom. The first kappa shape index (κ1) is 17.4. The van der Waals surface area contributed by atoms with E-state index in [2.05, 4.69) is 4.98 Å². The highest BCUT2D eigenvalue weighted by atomic mass is 35.5. The number of amides is 1. The number of rotatable bonds is 3. The number of carbonyl (C=O) groups excluding carboxylic acids is 1. The van der Waals surface area contributed by atoms with Crippen molar-refractivity contribution in [2.45, 2.75) is 19.4 Å². The lowest BCUT2D eigenvalue weighted by atomic mass is 10.0. The third-order valence-electron chi connectivity index (χ3n) is 4.83. The SMILES string of the molecule is O=C(c1cc(Cl)cc(CCO)c1)N1CCc2c([nH]c3ccc(Cl)cc23)C1. The average molecular weight is 389 g/mol. The van der Waals surface area contributed by atoms with E-state index in [-0.39, 0.29) is 12.5 Å². The van der Waals surface area contributed by atoms with Crippen LogP contribution in [0.1, 0.15) is 27.2 Å². The van der Waals surface area contributed by atoms with Crippen molar-refractivity contribution in [2.24, 2.45) is 0 Å². The Balaban J connectivity index is 1.62. The molecule has 4 rings (SSSR count). The summed E-state index contributed by atoms with van der Waals surface area (Å²) in [6.45, 7) is 1.20. The lowest BCUT2D eigenvalue weighted by Crippen LogP contribution is -2.35. The van der Waals surface area contributed by atoms with Crippen molar-refractivity contribution >= 4 is 40.0 Å². The van der Waals surface area contributed by atoms with Gasteiger partial charge in [-0.05, 0) is 60.4 Å². The topological polar surface area (TPSA) is 56.3 Å². The van der Waals surface area contributed by atoms with Crippen LogP contribution in [-0.2, 0) is 19.4 Å². The number of halogens is 2. The van der Waals surface area contributed by atoms with Crippen LogP contribution in [0.25, 0.3) is 10.9 Å². The van der Waals surface area contributed by atoms with Gasteiger partial charge in [0.25, 0.3) is 5.91 Å². The minimum Gasteiger partial charge on any atom is -0.396 e. The van der Waals surface area contributed by atoms with Crippen LogP contribution in [0.3, 0.4) is 0 Å². The maximum Gasteiger partial charge on any atom is 0.254 e. The monoisotopic (exact) mass is 388 g/mol. The van der Waals surface area contributed by atoms with Crippen molar-refractivity contribution in [3.8, 4) is 0 Å². The summed E-state index contributed by atoms with van der Waals surface area (Å²) in [5.41, 5.74) is 4.75. The Morgan fingerprint density at radius 3 is 2.81 bits per heavy atom. The molecule has 0 saturated heterocycles. The van der Waals surface area contributed by atoms with E-state index in [0.717, 1.165) is 28.6 Å². The van der Waals surface area contributed by atoms with Crippen molar-refractivity contribution in [2.75, 3.05) is 13.2 Å². The quantitative estimate of drug-likeness (QED) is 0.705. The number of aliphatic hydroxyl groups excluding tert-OH is 1. The molecule has 0 aliphatic carbocycles. The highest BCUT2D eigenvalue weighted by Crippen LogP contribution is 2.30. The molecular weight excluding hydrogens is 371 g/mol. The van der Waals surface area contributed by atoms with E-state index in [1.54, 1.807) is 12.1 Å². The zero-order valence-electron chi connectivity index (χ0n) is 14.1. The van der Waals surface area contributed by atoms with E-state index >= 15 is 0 Å². The summed E-state index contributed by atoms with van der Waals surface area (Å²) in [4.78, 5) is 18.2. The maximum absolute atomic E-state index is 13.0. The Bertz CT molecular complexity index is 997. The molecular formula is C20H18Cl2N2O2. The molecule has 3 aromatic rings. The predicted octanol–water partition coefficient (Wildman–Crippen LogP) is 4.21. The van der Waals surface area contributed by atoms with Gasteiger partial charge in [0.15, 0.2) is 0 Å². The number of hydrogen-bond acceptors (Lipinski definition) is 2. The van der Waals surface area contributed by atoms with Crippen molar-refractivity contribution in [1.29, 1.82) is 0 Å². The zero-order chi connectivity index (χ0) is 18.3. The third-order valence-corrected chi connectivity index (χ3v) is 5.28. The molecule has 0 saturated carbocycles.